The third kappa shape index (κ3) is 3.65. The molecule has 0 N–H and O–H groups in total. The molecule has 0 bridgehead atoms. The maximum Gasteiger partial charge on any atom is 0.270 e. The van der Waals surface area contributed by atoms with Crippen molar-refractivity contribution in [3.8, 4) is 11.8 Å². The van der Waals surface area contributed by atoms with Gasteiger partial charge in [0.2, 0.25) is 5.78 Å². The number of non-ortho nitro benzene ring substituents is 1. The number of nitro groups is 1. The van der Waals surface area contributed by atoms with E-state index >= 15 is 0 Å². The number of aryl methyl sites for hydroxylation is 1. The number of nitriles is 1. The van der Waals surface area contributed by atoms with Crippen molar-refractivity contribution in [1.29, 1.82) is 5.26 Å². The molecule has 0 spiro atoms. The zero-order valence-electron chi connectivity index (χ0n) is 13.1. The summed E-state index contributed by atoms with van der Waals surface area (Å²) in [4.78, 5) is 22.7. The molecule has 0 radical (unpaired) electrons. The van der Waals surface area contributed by atoms with Crippen molar-refractivity contribution < 1.29 is 14.5 Å². The van der Waals surface area contributed by atoms with Gasteiger partial charge in [0.15, 0.2) is 0 Å². The lowest BCUT2D eigenvalue weighted by molar-refractivity contribution is -0.384. The van der Waals surface area contributed by atoms with Gasteiger partial charge < -0.3 is 4.74 Å². The molecule has 0 fully saturated rings. The number of carbonyl (C=O) groups excluding carboxylic acids is 1. The molecule has 6 nitrogen and oxygen atoms in total. The number of ether oxygens (including phenoxy) is 1. The van der Waals surface area contributed by atoms with Gasteiger partial charge in [-0.05, 0) is 36.3 Å². The Bertz CT molecular complexity index is 879. The number of nitrogens with zero attached hydrogens (tertiary/aromatic N) is 2. The molecule has 0 heterocycles. The number of nitro benzene ring substituents is 1. The van der Waals surface area contributed by atoms with Gasteiger partial charge in [0, 0.05) is 17.7 Å². The number of allylic oxidation sites excluding steroid dienone is 1. The summed E-state index contributed by atoms with van der Waals surface area (Å²) in [5.41, 5.74) is 1.35. The van der Waals surface area contributed by atoms with Crippen LogP contribution in [0.5, 0.6) is 5.75 Å². The molecule has 120 valence electrons. The van der Waals surface area contributed by atoms with Crippen molar-refractivity contribution in [3.63, 3.8) is 0 Å². The van der Waals surface area contributed by atoms with Crippen LogP contribution in [0, 0.1) is 28.4 Å². The molecular weight excluding hydrogens is 308 g/mol. The molecule has 2 aromatic carbocycles. The number of methoxy groups -OCH3 is 1. The quantitative estimate of drug-likeness (QED) is 0.275. The summed E-state index contributed by atoms with van der Waals surface area (Å²) in [6, 6.07) is 12.4. The average Bonchev–Trinajstić information content (AvgIpc) is 2.60. The summed E-state index contributed by atoms with van der Waals surface area (Å²) in [5, 5.41) is 20.1. The van der Waals surface area contributed by atoms with Gasteiger partial charge in [-0.2, -0.15) is 5.26 Å². The molecule has 2 rings (SSSR count). The van der Waals surface area contributed by atoms with Crippen LogP contribution < -0.4 is 4.74 Å². The number of benzene rings is 2. The Morgan fingerprint density at radius 1 is 1.29 bits per heavy atom. The number of carbonyl (C=O) groups is 1. The van der Waals surface area contributed by atoms with E-state index in [2.05, 4.69) is 0 Å². The number of rotatable bonds is 5. The Balaban J connectivity index is 2.41. The van der Waals surface area contributed by atoms with E-state index in [1.54, 1.807) is 25.3 Å². The van der Waals surface area contributed by atoms with Gasteiger partial charge in [0.1, 0.15) is 17.4 Å². The summed E-state index contributed by atoms with van der Waals surface area (Å²) in [5.74, 6) is 0.115. The summed E-state index contributed by atoms with van der Waals surface area (Å²) in [6.07, 6.45) is 1.47. The van der Waals surface area contributed by atoms with Crippen LogP contribution in [0.25, 0.3) is 6.08 Å². The molecule has 0 saturated carbocycles. The first-order valence-corrected chi connectivity index (χ1v) is 7.02. The first-order valence-electron chi connectivity index (χ1n) is 7.02. The van der Waals surface area contributed by atoms with Crippen molar-refractivity contribution in [2.24, 2.45) is 0 Å². The Morgan fingerprint density at radius 3 is 2.62 bits per heavy atom. The highest BCUT2D eigenvalue weighted by molar-refractivity contribution is 6.14. The van der Waals surface area contributed by atoms with E-state index in [1.165, 1.54) is 24.3 Å². The van der Waals surface area contributed by atoms with E-state index in [4.69, 9.17) is 4.74 Å². The van der Waals surface area contributed by atoms with E-state index in [1.807, 2.05) is 13.0 Å². The first-order chi connectivity index (χ1) is 11.5. The van der Waals surface area contributed by atoms with Gasteiger partial charge in [0.05, 0.1) is 12.0 Å². The summed E-state index contributed by atoms with van der Waals surface area (Å²) in [7, 11) is 1.55. The van der Waals surface area contributed by atoms with Gasteiger partial charge in [-0.3, -0.25) is 14.9 Å². The van der Waals surface area contributed by atoms with Crippen molar-refractivity contribution in [2.75, 3.05) is 7.11 Å². The smallest absolute Gasteiger partial charge is 0.270 e. The fourth-order valence-electron chi connectivity index (χ4n) is 2.16. The number of ketones is 1. The van der Waals surface area contributed by atoms with Crippen LogP contribution in [-0.2, 0) is 0 Å². The highest BCUT2D eigenvalue weighted by Gasteiger charge is 2.16. The minimum absolute atomic E-state index is 0.0937. The highest BCUT2D eigenvalue weighted by atomic mass is 16.6. The Hall–Kier alpha value is -3.46. The Morgan fingerprint density at radius 2 is 2.04 bits per heavy atom. The number of hydrogen-bond acceptors (Lipinski definition) is 5. The third-order valence-corrected chi connectivity index (χ3v) is 3.46. The molecule has 0 aliphatic heterocycles. The molecule has 0 aliphatic carbocycles. The highest BCUT2D eigenvalue weighted by Crippen LogP contribution is 2.21. The largest absolute Gasteiger partial charge is 0.497 e. The Kier molecular flexibility index (Phi) is 5.07. The molecule has 0 aromatic heterocycles. The molecule has 2 aromatic rings. The van der Waals surface area contributed by atoms with Crippen molar-refractivity contribution in [2.45, 2.75) is 6.92 Å². The van der Waals surface area contributed by atoms with Crippen molar-refractivity contribution in [1.82, 2.24) is 0 Å². The van der Waals surface area contributed by atoms with Crippen molar-refractivity contribution in [3.05, 3.63) is 74.8 Å². The van der Waals surface area contributed by atoms with Crippen LogP contribution in [0.1, 0.15) is 21.5 Å². The molecule has 0 unspecified atom stereocenters. The molecule has 6 heteroatoms. The second-order valence-electron chi connectivity index (χ2n) is 5.03. The fraction of sp³-hybridized carbons (Fsp3) is 0.111. The van der Waals surface area contributed by atoms with E-state index in [9.17, 15) is 20.2 Å². The van der Waals surface area contributed by atoms with Gasteiger partial charge in [-0.25, -0.2) is 0 Å². The van der Waals surface area contributed by atoms with Crippen LogP contribution in [0.3, 0.4) is 0 Å². The van der Waals surface area contributed by atoms with Crippen molar-refractivity contribution >= 4 is 17.5 Å². The summed E-state index contributed by atoms with van der Waals surface area (Å²) >= 11 is 0. The maximum absolute atomic E-state index is 12.5. The average molecular weight is 322 g/mol. The molecule has 0 saturated heterocycles. The van der Waals surface area contributed by atoms with E-state index in [0.717, 1.165) is 11.6 Å². The SMILES string of the molecule is COc1ccc(/C=C(\C#N)C(=O)c2cccc([N+](=O)[O-])c2)c(C)c1. The van der Waals surface area contributed by atoms with Crippen LogP contribution in [0.15, 0.2) is 48.0 Å². The summed E-state index contributed by atoms with van der Waals surface area (Å²) < 4.78 is 5.12. The molecule has 0 aliphatic rings. The number of hydrogen-bond donors (Lipinski definition) is 0. The van der Waals surface area contributed by atoms with E-state index < -0.39 is 10.7 Å². The second-order valence-corrected chi connectivity index (χ2v) is 5.03. The zero-order chi connectivity index (χ0) is 17.7. The van der Waals surface area contributed by atoms with Gasteiger partial charge in [-0.1, -0.05) is 18.2 Å². The van der Waals surface area contributed by atoms with Gasteiger partial charge >= 0.3 is 0 Å². The van der Waals surface area contributed by atoms with Crippen LogP contribution in [0.4, 0.5) is 5.69 Å². The summed E-state index contributed by atoms with van der Waals surface area (Å²) in [6.45, 7) is 1.83. The van der Waals surface area contributed by atoms with Gasteiger partial charge in [0.25, 0.3) is 5.69 Å². The lowest BCUT2D eigenvalue weighted by atomic mass is 9.99. The first kappa shape index (κ1) is 16.9. The lowest BCUT2D eigenvalue weighted by Crippen LogP contribution is -2.03. The molecule has 0 atom stereocenters. The third-order valence-electron chi connectivity index (χ3n) is 3.46. The molecular formula is C18H14N2O4. The molecule has 24 heavy (non-hydrogen) atoms. The minimum atomic E-state index is -0.583. The normalized spacial score (nSPS) is 10.8. The monoisotopic (exact) mass is 322 g/mol. The van der Waals surface area contributed by atoms with Crippen LogP contribution >= 0.6 is 0 Å². The van der Waals surface area contributed by atoms with E-state index in [0.29, 0.717) is 11.3 Å². The topological polar surface area (TPSA) is 93.2 Å². The van der Waals surface area contributed by atoms with Crippen LogP contribution in [-0.4, -0.2) is 17.8 Å². The number of Topliss-reactive ketones (excluding diaryl/α,β-unsaturated/α-hetero) is 1. The molecule has 0 amide bonds. The van der Waals surface area contributed by atoms with Gasteiger partial charge in [-0.15, -0.1) is 0 Å². The second kappa shape index (κ2) is 7.20. The van der Waals surface area contributed by atoms with E-state index in [-0.39, 0.29) is 16.8 Å². The predicted octanol–water partition coefficient (Wildman–Crippen LogP) is 3.70. The van der Waals surface area contributed by atoms with Crippen LogP contribution in [0.2, 0.25) is 0 Å². The standard InChI is InChI=1S/C18H14N2O4/c1-12-8-17(24-2)7-6-13(12)9-15(11-19)18(21)14-4-3-5-16(10-14)20(22)23/h3-10H,1-2H3/b15-9+. The minimum Gasteiger partial charge on any atom is -0.497 e. The Labute approximate surface area is 138 Å². The maximum atomic E-state index is 12.5. The fourth-order valence-corrected chi connectivity index (χ4v) is 2.16. The zero-order valence-corrected chi connectivity index (χ0v) is 13.1. The predicted molar refractivity (Wildman–Crippen MR) is 88.7 cm³/mol. The lowest BCUT2D eigenvalue weighted by Gasteiger charge is -2.05.